The van der Waals surface area contributed by atoms with Crippen LogP contribution in [0.1, 0.15) is 24.4 Å². The summed E-state index contributed by atoms with van der Waals surface area (Å²) in [6.45, 7) is 0. The molecule has 8 heteroatoms. The van der Waals surface area contributed by atoms with Crippen LogP contribution in [0.4, 0.5) is 26.3 Å². The lowest BCUT2D eigenvalue weighted by Crippen LogP contribution is -2.17. The van der Waals surface area contributed by atoms with Gasteiger partial charge in [0.25, 0.3) is 0 Å². The SMILES string of the molecule is Cl.N[C@@H](CCC(F)(F)F)c1cc(F)c(F)cc1F. The van der Waals surface area contributed by atoms with Crippen LogP contribution in [0.2, 0.25) is 0 Å². The molecule has 0 heterocycles. The van der Waals surface area contributed by atoms with Gasteiger partial charge in [-0.25, -0.2) is 13.2 Å². The van der Waals surface area contributed by atoms with Crippen molar-refractivity contribution >= 4 is 12.4 Å². The van der Waals surface area contributed by atoms with E-state index >= 15 is 0 Å². The summed E-state index contributed by atoms with van der Waals surface area (Å²) in [5.74, 6) is -3.91. The number of benzene rings is 1. The van der Waals surface area contributed by atoms with E-state index in [1.165, 1.54) is 0 Å². The van der Waals surface area contributed by atoms with Crippen molar-refractivity contribution in [1.82, 2.24) is 0 Å². The molecule has 0 bridgehead atoms. The zero-order chi connectivity index (χ0) is 13.2. The monoisotopic (exact) mass is 293 g/mol. The molecule has 0 aliphatic carbocycles. The zero-order valence-electron chi connectivity index (χ0n) is 8.90. The maximum Gasteiger partial charge on any atom is 0.389 e. The van der Waals surface area contributed by atoms with Crippen LogP contribution in [0.3, 0.4) is 0 Å². The minimum Gasteiger partial charge on any atom is -0.324 e. The van der Waals surface area contributed by atoms with Crippen LogP contribution in [0.25, 0.3) is 0 Å². The van der Waals surface area contributed by atoms with Crippen LogP contribution in [0.5, 0.6) is 0 Å². The van der Waals surface area contributed by atoms with Crippen LogP contribution < -0.4 is 5.73 Å². The van der Waals surface area contributed by atoms with Gasteiger partial charge in [0.05, 0.1) is 0 Å². The van der Waals surface area contributed by atoms with Crippen molar-refractivity contribution in [3.8, 4) is 0 Å². The molecule has 104 valence electrons. The Morgan fingerprint density at radius 1 is 1.00 bits per heavy atom. The van der Waals surface area contributed by atoms with Crippen LogP contribution in [-0.4, -0.2) is 6.18 Å². The standard InChI is InChI=1S/C10H9F6N.ClH/c11-6-4-8(13)7(12)3-5(6)9(17)1-2-10(14,15)16;/h3-4,9H,1-2,17H2;1H/t9-;/m0./s1. The van der Waals surface area contributed by atoms with Gasteiger partial charge >= 0.3 is 6.18 Å². The normalized spacial score (nSPS) is 13.1. The number of alkyl halides is 3. The molecule has 0 saturated heterocycles. The van der Waals surface area contributed by atoms with Crippen molar-refractivity contribution in [2.75, 3.05) is 0 Å². The molecule has 0 radical (unpaired) electrons. The highest BCUT2D eigenvalue weighted by molar-refractivity contribution is 5.85. The molecule has 1 atom stereocenters. The second-order valence-corrected chi connectivity index (χ2v) is 3.55. The molecule has 0 aliphatic rings. The molecule has 0 amide bonds. The second kappa shape index (κ2) is 6.29. The van der Waals surface area contributed by atoms with Crippen LogP contribution in [0.15, 0.2) is 12.1 Å². The van der Waals surface area contributed by atoms with Gasteiger partial charge in [-0.2, -0.15) is 13.2 Å². The fourth-order valence-corrected chi connectivity index (χ4v) is 1.30. The van der Waals surface area contributed by atoms with Gasteiger partial charge in [0.1, 0.15) is 5.82 Å². The minimum atomic E-state index is -4.42. The highest BCUT2D eigenvalue weighted by Gasteiger charge is 2.28. The molecule has 1 rings (SSSR count). The first-order chi connectivity index (χ1) is 7.70. The third-order valence-corrected chi connectivity index (χ3v) is 2.18. The number of rotatable bonds is 3. The summed E-state index contributed by atoms with van der Waals surface area (Å²) in [6.07, 6.45) is -6.23. The van der Waals surface area contributed by atoms with Gasteiger partial charge in [0.15, 0.2) is 11.6 Å². The van der Waals surface area contributed by atoms with Crippen molar-refractivity contribution < 1.29 is 26.3 Å². The molecule has 0 unspecified atom stereocenters. The van der Waals surface area contributed by atoms with Gasteiger partial charge in [-0.1, -0.05) is 0 Å². The van der Waals surface area contributed by atoms with E-state index in [2.05, 4.69) is 0 Å². The first-order valence-electron chi connectivity index (χ1n) is 4.67. The Labute approximate surface area is 105 Å². The summed E-state index contributed by atoms with van der Waals surface area (Å²) in [5, 5.41) is 0. The molecule has 0 aliphatic heterocycles. The Kier molecular flexibility index (Phi) is 5.95. The van der Waals surface area contributed by atoms with Crippen molar-refractivity contribution in [2.45, 2.75) is 25.1 Å². The summed E-state index contributed by atoms with van der Waals surface area (Å²) in [7, 11) is 0. The Bertz CT molecular complexity index is 406. The van der Waals surface area contributed by atoms with E-state index in [4.69, 9.17) is 5.73 Å². The number of halogens is 7. The molecule has 18 heavy (non-hydrogen) atoms. The maximum atomic E-state index is 13.1. The van der Waals surface area contributed by atoms with Crippen molar-refractivity contribution in [3.05, 3.63) is 35.1 Å². The predicted octanol–water partition coefficient (Wildman–Crippen LogP) is 3.87. The minimum absolute atomic E-state index is 0. The lowest BCUT2D eigenvalue weighted by Gasteiger charge is -2.14. The van der Waals surface area contributed by atoms with E-state index in [0.717, 1.165) is 0 Å². The second-order valence-electron chi connectivity index (χ2n) is 3.55. The first kappa shape index (κ1) is 17.1. The number of hydrogen-bond donors (Lipinski definition) is 1. The van der Waals surface area contributed by atoms with Gasteiger partial charge in [-0.15, -0.1) is 12.4 Å². The Morgan fingerprint density at radius 3 is 2.00 bits per heavy atom. The molecule has 1 nitrogen and oxygen atoms in total. The van der Waals surface area contributed by atoms with Crippen molar-refractivity contribution in [2.24, 2.45) is 5.73 Å². The average Bonchev–Trinajstić information content (AvgIpc) is 2.19. The molecule has 0 saturated carbocycles. The Morgan fingerprint density at radius 2 is 1.50 bits per heavy atom. The van der Waals surface area contributed by atoms with E-state index in [-0.39, 0.29) is 18.5 Å². The molecule has 1 aromatic carbocycles. The summed E-state index contributed by atoms with van der Waals surface area (Å²) >= 11 is 0. The third kappa shape index (κ3) is 4.73. The molecular formula is C10H10ClF6N. The van der Waals surface area contributed by atoms with E-state index in [0.29, 0.717) is 6.07 Å². The van der Waals surface area contributed by atoms with Gasteiger partial charge in [0.2, 0.25) is 0 Å². The van der Waals surface area contributed by atoms with E-state index in [1.807, 2.05) is 0 Å². The van der Waals surface area contributed by atoms with Crippen LogP contribution in [-0.2, 0) is 0 Å². The zero-order valence-corrected chi connectivity index (χ0v) is 9.72. The maximum absolute atomic E-state index is 13.1. The van der Waals surface area contributed by atoms with E-state index in [9.17, 15) is 26.3 Å². The fourth-order valence-electron chi connectivity index (χ4n) is 1.30. The van der Waals surface area contributed by atoms with Crippen LogP contribution >= 0.6 is 12.4 Å². The van der Waals surface area contributed by atoms with Gasteiger partial charge in [-0.3, -0.25) is 0 Å². The van der Waals surface area contributed by atoms with E-state index < -0.39 is 48.1 Å². The van der Waals surface area contributed by atoms with Gasteiger partial charge in [0, 0.05) is 24.1 Å². The third-order valence-electron chi connectivity index (χ3n) is 2.18. The lowest BCUT2D eigenvalue weighted by atomic mass is 10.0. The number of nitrogens with two attached hydrogens (primary N) is 1. The Hall–Kier alpha value is -0.950. The number of hydrogen-bond acceptors (Lipinski definition) is 1. The largest absolute Gasteiger partial charge is 0.389 e. The summed E-state index contributed by atoms with van der Waals surface area (Å²) in [4.78, 5) is 0. The topological polar surface area (TPSA) is 26.0 Å². The van der Waals surface area contributed by atoms with Gasteiger partial charge < -0.3 is 5.73 Å². The molecular weight excluding hydrogens is 284 g/mol. The molecule has 0 fully saturated rings. The van der Waals surface area contributed by atoms with Crippen molar-refractivity contribution in [1.29, 1.82) is 0 Å². The molecule has 0 spiro atoms. The molecule has 1 aromatic rings. The highest BCUT2D eigenvalue weighted by atomic mass is 35.5. The van der Waals surface area contributed by atoms with Gasteiger partial charge in [-0.05, 0) is 12.5 Å². The summed E-state index contributed by atoms with van der Waals surface area (Å²) in [5.41, 5.74) is 4.83. The quantitative estimate of drug-likeness (QED) is 0.664. The Balaban J connectivity index is 0.00000289. The van der Waals surface area contributed by atoms with E-state index in [1.54, 1.807) is 0 Å². The smallest absolute Gasteiger partial charge is 0.324 e. The van der Waals surface area contributed by atoms with Crippen LogP contribution in [0, 0.1) is 17.5 Å². The first-order valence-corrected chi connectivity index (χ1v) is 4.67. The predicted molar refractivity (Wildman–Crippen MR) is 55.8 cm³/mol. The average molecular weight is 294 g/mol. The fraction of sp³-hybridized carbons (Fsp3) is 0.400. The summed E-state index contributed by atoms with van der Waals surface area (Å²) < 4.78 is 74.1. The highest BCUT2D eigenvalue weighted by Crippen LogP contribution is 2.28. The van der Waals surface area contributed by atoms with Crippen molar-refractivity contribution in [3.63, 3.8) is 0 Å². The lowest BCUT2D eigenvalue weighted by molar-refractivity contribution is -0.136. The summed E-state index contributed by atoms with van der Waals surface area (Å²) in [6, 6.07) is -0.587. The molecule has 0 aromatic heterocycles. The molecule has 2 N–H and O–H groups in total.